The quantitative estimate of drug-likeness (QED) is 0.865. The fraction of sp³-hybridized carbons (Fsp3) is 0.625. The van der Waals surface area contributed by atoms with Crippen LogP contribution in [0.5, 0.6) is 0 Å². The van der Waals surface area contributed by atoms with Gasteiger partial charge in [0.25, 0.3) is 0 Å². The van der Waals surface area contributed by atoms with Crippen LogP contribution in [0.2, 0.25) is 0 Å². The van der Waals surface area contributed by atoms with Gasteiger partial charge in [-0.3, -0.25) is 0 Å². The van der Waals surface area contributed by atoms with Crippen LogP contribution in [0.15, 0.2) is 18.6 Å². The van der Waals surface area contributed by atoms with Gasteiger partial charge >= 0.3 is 0 Å². The number of aliphatic hydroxyl groups excluding tert-OH is 1. The molecule has 1 saturated heterocycles. The van der Waals surface area contributed by atoms with Gasteiger partial charge in [0, 0.05) is 18.7 Å². The van der Waals surface area contributed by atoms with Crippen molar-refractivity contribution in [2.75, 3.05) is 12.3 Å². The Labute approximate surface area is 134 Å². The maximum atomic E-state index is 9.78. The highest BCUT2D eigenvalue weighted by molar-refractivity contribution is 5.86. The van der Waals surface area contributed by atoms with Crippen LogP contribution in [0.3, 0.4) is 0 Å². The molecule has 0 unspecified atom stereocenters. The Morgan fingerprint density at radius 1 is 1.35 bits per heavy atom. The maximum Gasteiger partial charge on any atom is 0.163 e. The van der Waals surface area contributed by atoms with Crippen LogP contribution in [0.1, 0.15) is 27.2 Å². The third-order valence-corrected chi connectivity index (χ3v) is 5.18. The standard InChI is InChI=1S/C16H22N4O3/c1-15(2)22-11-9(7-21)6-16(3,12(11)23-15)20-5-4-10-13(17)18-8-19-14(10)20/h4-5,8-9,11-12,21H,6-7H2,1-3H3,(H2,17,18,19)/t9-,11-,12-,16-/m1/s1. The molecule has 7 nitrogen and oxygen atoms in total. The number of rotatable bonds is 2. The summed E-state index contributed by atoms with van der Waals surface area (Å²) in [7, 11) is 0. The van der Waals surface area contributed by atoms with E-state index in [1.54, 1.807) is 0 Å². The Bertz CT molecular complexity index is 759. The van der Waals surface area contributed by atoms with E-state index in [0.717, 1.165) is 17.5 Å². The fourth-order valence-electron chi connectivity index (χ4n) is 4.16. The van der Waals surface area contributed by atoms with E-state index in [1.165, 1.54) is 6.33 Å². The van der Waals surface area contributed by atoms with Crippen molar-refractivity contribution < 1.29 is 14.6 Å². The highest BCUT2D eigenvalue weighted by atomic mass is 16.8. The summed E-state index contributed by atoms with van der Waals surface area (Å²) in [5.74, 6) is -0.153. The lowest BCUT2D eigenvalue weighted by atomic mass is 9.96. The first-order valence-electron chi connectivity index (χ1n) is 7.90. The molecule has 0 radical (unpaired) electrons. The average Bonchev–Trinajstić information content (AvgIpc) is 3.12. The van der Waals surface area contributed by atoms with Gasteiger partial charge in [0.2, 0.25) is 0 Å². The van der Waals surface area contributed by atoms with Crippen molar-refractivity contribution in [3.8, 4) is 0 Å². The molecule has 0 aromatic carbocycles. The number of hydrogen-bond donors (Lipinski definition) is 2. The minimum absolute atomic E-state index is 0.0309. The minimum atomic E-state index is -0.651. The average molecular weight is 318 g/mol. The highest BCUT2D eigenvalue weighted by Gasteiger charge is 2.60. The second-order valence-electron chi connectivity index (χ2n) is 7.21. The number of anilines is 1. The van der Waals surface area contributed by atoms with Crippen LogP contribution in [0.4, 0.5) is 5.82 Å². The van der Waals surface area contributed by atoms with Crippen LogP contribution in [-0.2, 0) is 15.0 Å². The Morgan fingerprint density at radius 3 is 2.87 bits per heavy atom. The molecule has 2 fully saturated rings. The topological polar surface area (TPSA) is 95.4 Å². The number of ether oxygens (including phenoxy) is 2. The summed E-state index contributed by atoms with van der Waals surface area (Å²) >= 11 is 0. The molecule has 1 aliphatic heterocycles. The fourth-order valence-corrected chi connectivity index (χ4v) is 4.16. The molecule has 3 heterocycles. The summed E-state index contributed by atoms with van der Waals surface area (Å²) in [5.41, 5.74) is 6.37. The van der Waals surface area contributed by atoms with E-state index in [1.807, 2.05) is 26.1 Å². The van der Waals surface area contributed by atoms with Gasteiger partial charge in [0.15, 0.2) is 5.79 Å². The summed E-state index contributed by atoms with van der Waals surface area (Å²) in [5, 5.41) is 10.6. The van der Waals surface area contributed by atoms with Gasteiger partial charge in [-0.05, 0) is 33.3 Å². The van der Waals surface area contributed by atoms with Gasteiger partial charge in [0.05, 0.1) is 17.0 Å². The molecule has 0 amide bonds. The van der Waals surface area contributed by atoms with E-state index in [2.05, 4.69) is 21.5 Å². The van der Waals surface area contributed by atoms with Crippen molar-refractivity contribution in [1.82, 2.24) is 14.5 Å². The summed E-state index contributed by atoms with van der Waals surface area (Å²) in [4.78, 5) is 8.45. The third-order valence-electron chi connectivity index (χ3n) is 5.18. The molecule has 1 aliphatic carbocycles. The van der Waals surface area contributed by atoms with Crippen LogP contribution in [0.25, 0.3) is 11.0 Å². The molecular weight excluding hydrogens is 296 g/mol. The molecule has 2 aromatic rings. The summed E-state index contributed by atoms with van der Waals surface area (Å²) in [6, 6.07) is 1.93. The first-order valence-corrected chi connectivity index (χ1v) is 7.90. The van der Waals surface area contributed by atoms with E-state index < -0.39 is 5.79 Å². The van der Waals surface area contributed by atoms with Crippen molar-refractivity contribution in [2.24, 2.45) is 5.92 Å². The molecule has 23 heavy (non-hydrogen) atoms. The van der Waals surface area contributed by atoms with Gasteiger partial charge in [-0.15, -0.1) is 0 Å². The summed E-state index contributed by atoms with van der Waals surface area (Å²) < 4.78 is 14.3. The summed E-state index contributed by atoms with van der Waals surface area (Å²) in [6.07, 6.45) is 3.92. The maximum absolute atomic E-state index is 9.78. The molecule has 0 spiro atoms. The number of nitrogens with two attached hydrogens (primary N) is 1. The molecule has 1 saturated carbocycles. The number of aliphatic hydroxyl groups is 1. The van der Waals surface area contributed by atoms with Crippen molar-refractivity contribution in [3.05, 3.63) is 18.6 Å². The Morgan fingerprint density at radius 2 is 2.13 bits per heavy atom. The molecule has 4 rings (SSSR count). The third kappa shape index (κ3) is 2.00. The number of fused-ring (bicyclic) bond motifs is 2. The van der Waals surface area contributed by atoms with Crippen LogP contribution < -0.4 is 5.73 Å². The predicted octanol–water partition coefficient (Wildman–Crippen LogP) is 1.26. The van der Waals surface area contributed by atoms with Gasteiger partial charge in [-0.2, -0.15) is 0 Å². The van der Waals surface area contributed by atoms with Crippen LogP contribution in [-0.4, -0.2) is 44.2 Å². The Hall–Kier alpha value is -1.70. The van der Waals surface area contributed by atoms with Crippen molar-refractivity contribution in [2.45, 2.75) is 50.7 Å². The molecule has 2 aromatic heterocycles. The van der Waals surface area contributed by atoms with Gasteiger partial charge in [-0.25, -0.2) is 9.97 Å². The molecule has 7 heteroatoms. The lowest BCUT2D eigenvalue weighted by Crippen LogP contribution is -2.41. The predicted molar refractivity (Wildman–Crippen MR) is 84.6 cm³/mol. The molecule has 124 valence electrons. The van der Waals surface area contributed by atoms with E-state index in [9.17, 15) is 5.11 Å². The van der Waals surface area contributed by atoms with Crippen LogP contribution in [0, 0.1) is 5.92 Å². The summed E-state index contributed by atoms with van der Waals surface area (Å²) in [6.45, 7) is 6.03. The number of hydrogen-bond acceptors (Lipinski definition) is 6. The molecule has 3 N–H and O–H groups in total. The molecule has 4 atom stereocenters. The number of nitrogen functional groups attached to an aromatic ring is 1. The first-order chi connectivity index (χ1) is 10.9. The zero-order chi connectivity index (χ0) is 16.4. The molecule has 2 aliphatic rings. The number of aromatic nitrogens is 3. The van der Waals surface area contributed by atoms with Gasteiger partial charge in [-0.1, -0.05) is 0 Å². The second-order valence-corrected chi connectivity index (χ2v) is 7.21. The Kier molecular flexibility index (Phi) is 3.01. The molecule has 0 bridgehead atoms. The van der Waals surface area contributed by atoms with E-state index in [-0.39, 0.29) is 30.3 Å². The van der Waals surface area contributed by atoms with E-state index in [4.69, 9.17) is 15.2 Å². The zero-order valence-corrected chi connectivity index (χ0v) is 13.6. The lowest BCUT2D eigenvalue weighted by Gasteiger charge is -2.33. The Balaban J connectivity index is 1.84. The second kappa shape index (κ2) is 4.66. The zero-order valence-electron chi connectivity index (χ0n) is 13.6. The lowest BCUT2D eigenvalue weighted by molar-refractivity contribution is -0.168. The van der Waals surface area contributed by atoms with Gasteiger partial charge in [0.1, 0.15) is 23.9 Å². The SMILES string of the molecule is CC1(C)O[C@@H]2[C@@H](CO)C[C@@](C)(n3ccc4c(N)ncnc43)[C@@H]2O1. The van der Waals surface area contributed by atoms with Crippen molar-refractivity contribution in [1.29, 1.82) is 0 Å². The van der Waals surface area contributed by atoms with Crippen molar-refractivity contribution in [3.63, 3.8) is 0 Å². The largest absolute Gasteiger partial charge is 0.396 e. The van der Waals surface area contributed by atoms with Gasteiger partial charge < -0.3 is 24.9 Å². The molecular formula is C16H22N4O3. The van der Waals surface area contributed by atoms with Crippen LogP contribution >= 0.6 is 0 Å². The smallest absolute Gasteiger partial charge is 0.163 e. The monoisotopic (exact) mass is 318 g/mol. The highest BCUT2D eigenvalue weighted by Crippen LogP contribution is 2.51. The van der Waals surface area contributed by atoms with E-state index in [0.29, 0.717) is 5.82 Å². The van der Waals surface area contributed by atoms with Crippen molar-refractivity contribution >= 4 is 16.9 Å². The normalized spacial score (nSPS) is 35.7. The first kappa shape index (κ1) is 14.9. The minimum Gasteiger partial charge on any atom is -0.396 e. The van der Waals surface area contributed by atoms with E-state index >= 15 is 0 Å². The number of nitrogens with zero attached hydrogens (tertiary/aromatic N) is 3.